The Kier molecular flexibility index (Phi) is 8.59. The van der Waals surface area contributed by atoms with Gasteiger partial charge in [0.15, 0.2) is 33.3 Å². The number of hydrogen-bond acceptors (Lipinski definition) is 6. The van der Waals surface area contributed by atoms with Crippen molar-refractivity contribution in [3.8, 4) is 0 Å². The molecule has 0 aliphatic rings. The van der Waals surface area contributed by atoms with Crippen LogP contribution in [0.25, 0.3) is 0 Å². The normalized spacial score (nSPS) is 15.9. The van der Waals surface area contributed by atoms with Crippen molar-refractivity contribution in [1.82, 2.24) is 0 Å². The zero-order valence-corrected chi connectivity index (χ0v) is 24.4. The molecule has 0 aromatic rings. The van der Waals surface area contributed by atoms with Crippen molar-refractivity contribution in [2.45, 2.75) is 84.0 Å². The Morgan fingerprint density at radius 2 is 0.667 bits per heavy atom. The van der Waals surface area contributed by atoms with Crippen LogP contribution in [0, 0.1) is 0 Å². The Morgan fingerprint density at radius 1 is 0.519 bits per heavy atom. The molecule has 0 aliphatic carbocycles. The summed E-state index contributed by atoms with van der Waals surface area (Å²) >= 11 is 0. The third-order valence-corrected chi connectivity index (χ3v) is 17.6. The van der Waals surface area contributed by atoms with E-state index in [-0.39, 0.29) is 0 Å². The summed E-state index contributed by atoms with van der Waals surface area (Å²) in [4.78, 5) is 0. The highest BCUT2D eigenvalue weighted by Gasteiger charge is 2.71. The predicted molar refractivity (Wildman–Crippen MR) is 118 cm³/mol. The van der Waals surface area contributed by atoms with Gasteiger partial charge in [-0.3, -0.25) is 9.13 Å². The van der Waals surface area contributed by atoms with E-state index in [4.69, 9.17) is 16.9 Å². The maximum atomic E-state index is 15.7. The maximum Gasteiger partial charge on any atom is 0.440 e. The average Bonchev–Trinajstić information content (AvgIpc) is 2.16. The van der Waals surface area contributed by atoms with Crippen molar-refractivity contribution in [3.05, 3.63) is 0 Å². The molecule has 0 heterocycles. The lowest BCUT2D eigenvalue weighted by Gasteiger charge is -2.40. The van der Waals surface area contributed by atoms with E-state index in [1.54, 1.807) is 78.6 Å². The van der Waals surface area contributed by atoms with E-state index in [9.17, 15) is 9.13 Å². The summed E-state index contributed by atoms with van der Waals surface area (Å²) in [6.07, 6.45) is 0. The first-order valence-corrected chi connectivity index (χ1v) is 25.5. The average molecular weight is 501 g/mol. The van der Waals surface area contributed by atoms with Crippen molar-refractivity contribution in [2.24, 2.45) is 0 Å². The van der Waals surface area contributed by atoms with Gasteiger partial charge in [-0.1, -0.05) is 0 Å². The molecule has 0 fully saturated rings. The Balaban J connectivity index is 6.59. The third kappa shape index (κ3) is 9.14. The Hall–Kier alpha value is 1.03. The van der Waals surface area contributed by atoms with Gasteiger partial charge in [0.25, 0.3) is 0 Å². The monoisotopic (exact) mass is 500 g/mol. The number of halogens is 2. The van der Waals surface area contributed by atoms with Crippen molar-refractivity contribution in [3.63, 3.8) is 0 Å². The molecule has 0 aromatic heterocycles. The van der Waals surface area contributed by atoms with E-state index < -0.39 is 53.9 Å². The lowest BCUT2D eigenvalue weighted by Crippen LogP contribution is -2.40. The van der Waals surface area contributed by atoms with Crippen LogP contribution in [0.15, 0.2) is 0 Å². The Morgan fingerprint density at radius 3 is 0.778 bits per heavy atom. The SMILES string of the molecule is C[Si](C)(C)OP(=O)(O[Si](C)(C)C)C(F)(F)P(=O)(O[Si](C)(C)C)O[Si](C)(C)C. The summed E-state index contributed by atoms with van der Waals surface area (Å²) in [6.45, 7) is 19.4. The first-order chi connectivity index (χ1) is 11.3. The zero-order chi connectivity index (χ0) is 22.3. The van der Waals surface area contributed by atoms with Gasteiger partial charge in [0, 0.05) is 0 Å². The summed E-state index contributed by atoms with van der Waals surface area (Å²) < 4.78 is 79.9. The van der Waals surface area contributed by atoms with E-state index in [1.807, 2.05) is 0 Å². The minimum atomic E-state index is -5.14. The summed E-state index contributed by atoms with van der Waals surface area (Å²) in [7, 11) is -21.3. The van der Waals surface area contributed by atoms with Gasteiger partial charge >= 0.3 is 20.6 Å². The molecule has 6 nitrogen and oxygen atoms in total. The predicted octanol–water partition coefficient (Wildman–Crippen LogP) is 7.33. The second kappa shape index (κ2) is 8.28. The van der Waals surface area contributed by atoms with Gasteiger partial charge < -0.3 is 16.9 Å². The minimum Gasteiger partial charge on any atom is -0.347 e. The van der Waals surface area contributed by atoms with Gasteiger partial charge in [0.1, 0.15) is 0 Å². The Labute approximate surface area is 167 Å². The van der Waals surface area contributed by atoms with E-state index in [0.29, 0.717) is 0 Å². The van der Waals surface area contributed by atoms with Crippen LogP contribution in [0.2, 0.25) is 78.6 Å². The summed E-state index contributed by atoms with van der Waals surface area (Å²) in [6, 6.07) is 0. The Bertz CT molecular complexity index is 528. The fourth-order valence-electron chi connectivity index (χ4n) is 1.85. The largest absolute Gasteiger partial charge is 0.440 e. The molecule has 0 radical (unpaired) electrons. The van der Waals surface area contributed by atoms with Crippen LogP contribution in [0.1, 0.15) is 0 Å². The molecule has 164 valence electrons. The number of rotatable bonds is 10. The molecule has 14 heteroatoms. The van der Waals surface area contributed by atoms with Gasteiger partial charge in [0.2, 0.25) is 0 Å². The minimum absolute atomic E-state index is 1.62. The third-order valence-electron chi connectivity index (χ3n) is 2.24. The number of hydrogen-bond donors (Lipinski definition) is 0. The van der Waals surface area contributed by atoms with Crippen molar-refractivity contribution in [1.29, 1.82) is 0 Å². The van der Waals surface area contributed by atoms with Crippen LogP contribution < -0.4 is 0 Å². The summed E-state index contributed by atoms with van der Waals surface area (Å²) in [5.41, 5.74) is 0. The van der Waals surface area contributed by atoms with Crippen LogP contribution in [-0.4, -0.2) is 38.7 Å². The molecule has 0 aromatic carbocycles. The fourth-order valence-corrected chi connectivity index (χ4v) is 18.8. The molecule has 0 rings (SSSR count). The zero-order valence-electron chi connectivity index (χ0n) is 18.6. The van der Waals surface area contributed by atoms with E-state index in [0.717, 1.165) is 0 Å². The molecule has 0 N–H and O–H groups in total. The molecule has 0 saturated heterocycles. The molecular weight excluding hydrogens is 464 g/mol. The van der Waals surface area contributed by atoms with Gasteiger partial charge in [-0.15, -0.1) is 0 Å². The first-order valence-electron chi connectivity index (χ1n) is 8.74. The molecule has 27 heavy (non-hydrogen) atoms. The van der Waals surface area contributed by atoms with E-state index >= 15 is 8.78 Å². The topological polar surface area (TPSA) is 71.1 Å². The van der Waals surface area contributed by atoms with Gasteiger partial charge in [0.05, 0.1) is 0 Å². The van der Waals surface area contributed by atoms with Crippen molar-refractivity contribution in [2.75, 3.05) is 0 Å². The van der Waals surface area contributed by atoms with Gasteiger partial charge in [-0.2, -0.15) is 8.78 Å². The standard InChI is InChI=1S/C13H36F2O6P2Si4/c1-24(2,3)18-22(16,19-25(4,5)6)13(14,15)23(17,20-26(7,8)9)21-27(10,11)12/h1-12H3. The molecule has 0 unspecified atom stereocenters. The molecule has 0 spiro atoms. The molecule has 0 saturated carbocycles. The summed E-state index contributed by atoms with van der Waals surface area (Å²) in [5, 5.41) is -4.40. The summed E-state index contributed by atoms with van der Waals surface area (Å²) in [5.74, 6) is 0. The van der Waals surface area contributed by atoms with Crippen LogP contribution in [0.3, 0.4) is 0 Å². The molecule has 0 aliphatic heterocycles. The second-order valence-corrected chi connectivity index (χ2v) is 33.6. The van der Waals surface area contributed by atoms with Crippen LogP contribution in [0.4, 0.5) is 8.78 Å². The van der Waals surface area contributed by atoms with Crippen LogP contribution in [0.5, 0.6) is 0 Å². The van der Waals surface area contributed by atoms with Gasteiger partial charge in [-0.05, 0) is 78.6 Å². The molecule has 0 amide bonds. The van der Waals surface area contributed by atoms with Crippen LogP contribution in [-0.2, 0) is 26.0 Å². The smallest absolute Gasteiger partial charge is 0.347 e. The van der Waals surface area contributed by atoms with Crippen molar-refractivity contribution < 1.29 is 34.8 Å². The highest BCUT2D eigenvalue weighted by atomic mass is 31.2. The highest BCUT2D eigenvalue weighted by molar-refractivity contribution is 7.76. The fraction of sp³-hybridized carbons (Fsp3) is 1.00. The number of alkyl halides is 2. The van der Waals surface area contributed by atoms with Crippen molar-refractivity contribution >= 4 is 48.5 Å². The van der Waals surface area contributed by atoms with E-state index in [1.165, 1.54) is 0 Å². The second-order valence-electron chi connectivity index (χ2n) is 10.3. The first kappa shape index (κ1) is 28.0. The van der Waals surface area contributed by atoms with Crippen LogP contribution >= 0.6 is 15.2 Å². The molecule has 0 bridgehead atoms. The lowest BCUT2D eigenvalue weighted by molar-refractivity contribution is 0.113. The quantitative estimate of drug-likeness (QED) is 0.231. The van der Waals surface area contributed by atoms with E-state index in [2.05, 4.69) is 0 Å². The maximum absolute atomic E-state index is 15.7. The lowest BCUT2D eigenvalue weighted by atomic mass is 11.6. The molecule has 0 atom stereocenters. The molecular formula is C13H36F2O6P2Si4. The van der Waals surface area contributed by atoms with Gasteiger partial charge in [-0.25, -0.2) is 0 Å². The highest BCUT2D eigenvalue weighted by Crippen LogP contribution is 2.81.